The summed E-state index contributed by atoms with van der Waals surface area (Å²) in [5, 5.41) is 18.6. The van der Waals surface area contributed by atoms with Gasteiger partial charge in [0.05, 0.1) is 35.4 Å². The summed E-state index contributed by atoms with van der Waals surface area (Å²) < 4.78 is 6.08. The fourth-order valence-electron chi connectivity index (χ4n) is 5.16. The first kappa shape index (κ1) is 24.5. The van der Waals surface area contributed by atoms with E-state index < -0.39 is 0 Å². The highest BCUT2D eigenvalue weighted by Crippen LogP contribution is 2.54. The lowest BCUT2D eigenvalue weighted by Gasteiger charge is -2.32. The lowest BCUT2D eigenvalue weighted by Crippen LogP contribution is -2.35. The number of hydrogen-bond donors (Lipinski definition) is 2. The maximum Gasteiger partial charge on any atom is 0.294 e. The minimum atomic E-state index is -0.366. The number of morpholine rings is 1. The molecule has 5 rings (SSSR count). The Kier molecular flexibility index (Phi) is 6.60. The van der Waals surface area contributed by atoms with Gasteiger partial charge in [0.25, 0.3) is 11.6 Å². The van der Waals surface area contributed by atoms with Crippen molar-refractivity contribution in [3.8, 4) is 0 Å². The van der Waals surface area contributed by atoms with Crippen molar-refractivity contribution in [3.63, 3.8) is 0 Å². The van der Waals surface area contributed by atoms with Gasteiger partial charge in [-0.1, -0.05) is 22.5 Å². The number of nitrogens with zero attached hydrogens (tertiary/aromatic N) is 4. The smallest absolute Gasteiger partial charge is 0.294 e. The van der Waals surface area contributed by atoms with Crippen LogP contribution in [0.15, 0.2) is 41.6 Å². The number of nitro benzene ring substituents is 1. The third-order valence-corrected chi connectivity index (χ3v) is 7.86. The Hall–Kier alpha value is -3.18. The molecule has 1 saturated carbocycles. The molecular formula is C25H29BrN6O4. The van der Waals surface area contributed by atoms with E-state index in [1.807, 2.05) is 11.0 Å². The summed E-state index contributed by atoms with van der Waals surface area (Å²) in [6.45, 7) is 7.88. The Morgan fingerprint density at radius 2 is 2.00 bits per heavy atom. The number of anilines is 2. The molecule has 1 aromatic carbocycles. The van der Waals surface area contributed by atoms with Crippen LogP contribution in [0.2, 0.25) is 0 Å². The third-order valence-electron chi connectivity index (χ3n) is 7.40. The van der Waals surface area contributed by atoms with Crippen LogP contribution in [-0.2, 0) is 4.74 Å². The summed E-state index contributed by atoms with van der Waals surface area (Å²) in [5.74, 6) is -0.0848. The summed E-state index contributed by atoms with van der Waals surface area (Å²) in [7, 11) is 1.79. The lowest BCUT2D eigenvalue weighted by molar-refractivity contribution is -0.384. The summed E-state index contributed by atoms with van der Waals surface area (Å²) in [6.07, 6.45) is 5.18. The fourth-order valence-corrected chi connectivity index (χ4v) is 5.61. The predicted octanol–water partition coefficient (Wildman–Crippen LogP) is 3.81. The zero-order chi connectivity index (χ0) is 25.4. The van der Waals surface area contributed by atoms with Crippen molar-refractivity contribution in [3.05, 3.63) is 62.9 Å². The van der Waals surface area contributed by atoms with E-state index in [0.29, 0.717) is 60.7 Å². The topological polar surface area (TPSA) is 113 Å². The molecule has 2 aliphatic heterocycles. The predicted molar refractivity (Wildman–Crippen MR) is 141 cm³/mol. The molecule has 1 atom stereocenters. The molecule has 1 aromatic heterocycles. The molecular weight excluding hydrogens is 528 g/mol. The molecule has 2 saturated heterocycles. The highest BCUT2D eigenvalue weighted by atomic mass is 79.9. The quantitative estimate of drug-likeness (QED) is 0.391. The summed E-state index contributed by atoms with van der Waals surface area (Å²) in [4.78, 5) is 33.2. The Labute approximate surface area is 218 Å². The minimum Gasteiger partial charge on any atom is -0.387 e. The summed E-state index contributed by atoms with van der Waals surface area (Å²) in [5.41, 5.74) is 3.04. The van der Waals surface area contributed by atoms with E-state index in [1.165, 1.54) is 6.07 Å². The average Bonchev–Trinajstić information content (AvgIpc) is 3.59. The molecule has 3 aliphatic rings. The number of pyridine rings is 1. The number of ether oxygens (including phenoxy) is 1. The van der Waals surface area contributed by atoms with Crippen molar-refractivity contribution < 1.29 is 14.5 Å². The molecule has 1 spiro atoms. The zero-order valence-corrected chi connectivity index (χ0v) is 21.7. The molecule has 0 radical (unpaired) electrons. The first-order valence-electron chi connectivity index (χ1n) is 12.0. The number of carbonyl (C=O) groups excluding carboxylic acids is 1. The van der Waals surface area contributed by atoms with Gasteiger partial charge in [-0.25, -0.2) is 0 Å². The number of hydrogen-bond acceptors (Lipinski definition) is 8. The van der Waals surface area contributed by atoms with Gasteiger partial charge in [0.15, 0.2) is 0 Å². The fraction of sp³-hybridized carbons (Fsp3) is 0.440. The second-order valence-electron chi connectivity index (χ2n) is 9.61. The molecule has 2 N–H and O–H groups in total. The van der Waals surface area contributed by atoms with Crippen LogP contribution in [-0.4, -0.2) is 78.1 Å². The molecule has 1 amide bonds. The first-order valence-corrected chi connectivity index (χ1v) is 12.8. The van der Waals surface area contributed by atoms with Gasteiger partial charge < -0.3 is 25.2 Å². The summed E-state index contributed by atoms with van der Waals surface area (Å²) in [6, 6.07) is 5.07. The number of halogens is 1. The van der Waals surface area contributed by atoms with Gasteiger partial charge in [0, 0.05) is 72.8 Å². The first-order chi connectivity index (χ1) is 17.3. The van der Waals surface area contributed by atoms with Gasteiger partial charge >= 0.3 is 0 Å². The van der Waals surface area contributed by atoms with Crippen LogP contribution < -0.4 is 10.6 Å². The molecule has 1 aliphatic carbocycles. The lowest BCUT2D eigenvalue weighted by atomic mass is 9.99. The standard InChI is InChI=1S/C25H29BrN6O4/c1-16(30-5-7-36-8-6-30)20-10-18(26)11-21(32(34)35)23(20)29-22-14-31(15-25(22)3-4-25)24(33)17-9-19(27-2)13-28-12-17/h9-13,22,27,29H,1,3-8,14-15H2,2H3. The van der Waals surface area contributed by atoms with Crippen LogP contribution in [0.3, 0.4) is 0 Å². The number of likely N-dealkylation sites (tertiary alicyclic amines) is 1. The van der Waals surface area contributed by atoms with Crippen LogP contribution in [0.1, 0.15) is 28.8 Å². The second kappa shape index (κ2) is 9.70. The van der Waals surface area contributed by atoms with Gasteiger partial charge in [0.1, 0.15) is 5.69 Å². The van der Waals surface area contributed by atoms with Crippen molar-refractivity contribution in [2.75, 3.05) is 57.1 Å². The number of benzene rings is 1. The van der Waals surface area contributed by atoms with E-state index >= 15 is 0 Å². The highest BCUT2D eigenvalue weighted by molar-refractivity contribution is 9.10. The molecule has 1 unspecified atom stereocenters. The molecule has 36 heavy (non-hydrogen) atoms. The van der Waals surface area contributed by atoms with E-state index in [4.69, 9.17) is 4.74 Å². The number of carbonyl (C=O) groups is 1. The van der Waals surface area contributed by atoms with Gasteiger partial charge in [-0.05, 0) is 25.0 Å². The monoisotopic (exact) mass is 556 g/mol. The maximum absolute atomic E-state index is 13.3. The van der Waals surface area contributed by atoms with Gasteiger partial charge in [-0.15, -0.1) is 0 Å². The van der Waals surface area contributed by atoms with E-state index in [0.717, 1.165) is 24.2 Å². The summed E-state index contributed by atoms with van der Waals surface area (Å²) >= 11 is 3.44. The number of nitro groups is 1. The zero-order valence-electron chi connectivity index (χ0n) is 20.1. The molecule has 3 fully saturated rings. The largest absolute Gasteiger partial charge is 0.387 e. The van der Waals surface area contributed by atoms with Crippen LogP contribution >= 0.6 is 15.9 Å². The molecule has 2 aromatic rings. The van der Waals surface area contributed by atoms with Crippen molar-refractivity contribution in [1.29, 1.82) is 0 Å². The Balaban J connectivity index is 1.44. The van der Waals surface area contributed by atoms with Crippen molar-refractivity contribution in [2.45, 2.75) is 18.9 Å². The van der Waals surface area contributed by atoms with E-state index in [9.17, 15) is 14.9 Å². The van der Waals surface area contributed by atoms with Crippen LogP contribution in [0.5, 0.6) is 0 Å². The Morgan fingerprint density at radius 3 is 2.67 bits per heavy atom. The van der Waals surface area contributed by atoms with Crippen LogP contribution in [0, 0.1) is 15.5 Å². The van der Waals surface area contributed by atoms with Crippen molar-refractivity contribution >= 4 is 44.6 Å². The van der Waals surface area contributed by atoms with Crippen LogP contribution in [0.4, 0.5) is 17.1 Å². The molecule has 11 heteroatoms. The van der Waals surface area contributed by atoms with E-state index in [-0.39, 0.29) is 28.0 Å². The molecule has 190 valence electrons. The average molecular weight is 557 g/mol. The molecule has 0 bridgehead atoms. The third kappa shape index (κ3) is 4.64. The van der Waals surface area contributed by atoms with Gasteiger partial charge in [0.2, 0.25) is 0 Å². The normalized spacial score (nSPS) is 20.3. The van der Waals surface area contributed by atoms with Crippen molar-refractivity contribution in [2.24, 2.45) is 5.41 Å². The Morgan fingerprint density at radius 1 is 1.25 bits per heavy atom. The number of rotatable bonds is 7. The highest BCUT2D eigenvalue weighted by Gasteiger charge is 2.56. The van der Waals surface area contributed by atoms with Gasteiger partial charge in [-0.2, -0.15) is 0 Å². The SMILES string of the molecule is C=C(c1cc(Br)cc([N+](=O)[O-])c1NC1CN(C(=O)c2cncc(NC)c2)CC12CC2)N1CCOCC1. The van der Waals surface area contributed by atoms with Gasteiger partial charge in [-0.3, -0.25) is 19.9 Å². The maximum atomic E-state index is 13.3. The molecule has 3 heterocycles. The molecule has 10 nitrogen and oxygen atoms in total. The number of aromatic nitrogens is 1. The minimum absolute atomic E-state index is 0.0136. The van der Waals surface area contributed by atoms with Crippen LogP contribution in [0.25, 0.3) is 5.70 Å². The number of nitrogens with one attached hydrogen (secondary N) is 2. The second-order valence-corrected chi connectivity index (χ2v) is 10.5. The van der Waals surface area contributed by atoms with E-state index in [2.05, 4.69) is 43.0 Å². The van der Waals surface area contributed by atoms with E-state index in [1.54, 1.807) is 25.5 Å². The number of amides is 1. The van der Waals surface area contributed by atoms with Crippen molar-refractivity contribution in [1.82, 2.24) is 14.8 Å². The Bertz CT molecular complexity index is 1210.